The molecule has 1 aliphatic heterocycles. The number of rotatable bonds is 4. The number of piperazine rings is 1. The SMILES string of the molecule is CCC[C@H](c1c(O)cc(C)c(Br)c1C)N1CCNCC1. The second-order valence-electron chi connectivity index (χ2n) is 5.66. The summed E-state index contributed by atoms with van der Waals surface area (Å²) in [7, 11) is 0. The van der Waals surface area contributed by atoms with Gasteiger partial charge in [0, 0.05) is 42.3 Å². The standard InChI is InChI=1S/C16H25BrN2O/c1-4-5-13(19-8-6-18-7-9-19)15-12(3)16(17)11(2)10-14(15)20/h10,13,18,20H,4-9H2,1-3H3/t13-/m1/s1. The van der Waals surface area contributed by atoms with Gasteiger partial charge in [0.2, 0.25) is 0 Å². The van der Waals surface area contributed by atoms with E-state index in [-0.39, 0.29) is 0 Å². The fourth-order valence-corrected chi connectivity index (χ4v) is 3.48. The summed E-state index contributed by atoms with van der Waals surface area (Å²) in [4.78, 5) is 2.50. The Kier molecular flexibility index (Phi) is 5.47. The van der Waals surface area contributed by atoms with Gasteiger partial charge in [0.1, 0.15) is 5.75 Å². The third-order valence-electron chi connectivity index (χ3n) is 4.20. The van der Waals surface area contributed by atoms with Crippen LogP contribution in [-0.2, 0) is 0 Å². The van der Waals surface area contributed by atoms with Crippen LogP contribution in [0.1, 0.15) is 42.5 Å². The molecule has 3 nitrogen and oxygen atoms in total. The zero-order valence-corrected chi connectivity index (χ0v) is 14.3. The zero-order valence-electron chi connectivity index (χ0n) is 12.7. The fraction of sp³-hybridized carbons (Fsp3) is 0.625. The number of benzene rings is 1. The maximum absolute atomic E-state index is 10.5. The van der Waals surface area contributed by atoms with Gasteiger partial charge in [-0.25, -0.2) is 0 Å². The highest BCUT2D eigenvalue weighted by Crippen LogP contribution is 2.39. The van der Waals surface area contributed by atoms with Crippen molar-refractivity contribution in [3.05, 3.63) is 27.2 Å². The van der Waals surface area contributed by atoms with Crippen LogP contribution < -0.4 is 5.32 Å². The van der Waals surface area contributed by atoms with E-state index in [2.05, 4.69) is 40.0 Å². The summed E-state index contributed by atoms with van der Waals surface area (Å²) in [6.07, 6.45) is 2.21. The molecule has 2 N–H and O–H groups in total. The minimum absolute atomic E-state index is 0.319. The van der Waals surface area contributed by atoms with Crippen LogP contribution in [0.5, 0.6) is 5.75 Å². The fourth-order valence-electron chi connectivity index (χ4n) is 3.15. The maximum Gasteiger partial charge on any atom is 0.120 e. The van der Waals surface area contributed by atoms with Gasteiger partial charge in [-0.15, -0.1) is 0 Å². The Hall–Kier alpha value is -0.580. The van der Waals surface area contributed by atoms with Gasteiger partial charge in [0.15, 0.2) is 0 Å². The Balaban J connectivity index is 2.40. The maximum atomic E-state index is 10.5. The van der Waals surface area contributed by atoms with Gasteiger partial charge in [-0.1, -0.05) is 29.3 Å². The summed E-state index contributed by atoms with van der Waals surface area (Å²) in [6.45, 7) is 10.5. The first-order chi connectivity index (χ1) is 9.56. The highest BCUT2D eigenvalue weighted by Gasteiger charge is 2.26. The molecule has 0 aliphatic carbocycles. The number of aryl methyl sites for hydroxylation is 1. The molecule has 0 bridgehead atoms. The Labute approximate surface area is 130 Å². The van der Waals surface area contributed by atoms with Crippen LogP contribution in [0.25, 0.3) is 0 Å². The molecule has 0 amide bonds. The first-order valence-electron chi connectivity index (χ1n) is 7.49. The Morgan fingerprint density at radius 2 is 2.00 bits per heavy atom. The first kappa shape index (κ1) is 15.8. The van der Waals surface area contributed by atoms with E-state index in [4.69, 9.17) is 0 Å². The minimum atomic E-state index is 0.319. The normalized spacial score (nSPS) is 18.2. The molecule has 0 unspecified atom stereocenters. The molecule has 1 fully saturated rings. The lowest BCUT2D eigenvalue weighted by Gasteiger charge is -2.36. The van der Waals surface area contributed by atoms with Gasteiger partial charge in [-0.3, -0.25) is 4.90 Å². The molecule has 2 rings (SSSR count). The second kappa shape index (κ2) is 6.92. The van der Waals surface area contributed by atoms with Gasteiger partial charge in [0.05, 0.1) is 0 Å². The lowest BCUT2D eigenvalue weighted by molar-refractivity contribution is 0.161. The smallest absolute Gasteiger partial charge is 0.120 e. The van der Waals surface area contributed by atoms with Crippen LogP contribution in [0.2, 0.25) is 0 Å². The van der Waals surface area contributed by atoms with E-state index in [9.17, 15) is 5.11 Å². The largest absolute Gasteiger partial charge is 0.508 e. The van der Waals surface area contributed by atoms with Crippen LogP contribution in [-0.4, -0.2) is 36.2 Å². The summed E-state index contributed by atoms with van der Waals surface area (Å²) in [6, 6.07) is 2.20. The Morgan fingerprint density at radius 1 is 1.35 bits per heavy atom. The average Bonchev–Trinajstić information content (AvgIpc) is 2.45. The van der Waals surface area contributed by atoms with Gasteiger partial charge in [0.25, 0.3) is 0 Å². The van der Waals surface area contributed by atoms with Crippen molar-refractivity contribution in [1.29, 1.82) is 0 Å². The quantitative estimate of drug-likeness (QED) is 0.880. The van der Waals surface area contributed by atoms with Crippen LogP contribution in [0.4, 0.5) is 0 Å². The predicted octanol–water partition coefficient (Wildman–Crippen LogP) is 3.52. The predicted molar refractivity (Wildman–Crippen MR) is 87.4 cm³/mol. The average molecular weight is 341 g/mol. The highest BCUT2D eigenvalue weighted by molar-refractivity contribution is 9.10. The van der Waals surface area contributed by atoms with Crippen molar-refractivity contribution in [3.8, 4) is 5.75 Å². The Morgan fingerprint density at radius 3 is 2.60 bits per heavy atom. The molecule has 1 aliphatic rings. The van der Waals surface area contributed by atoms with Crippen molar-refractivity contribution in [2.24, 2.45) is 0 Å². The van der Waals surface area contributed by atoms with Crippen LogP contribution >= 0.6 is 15.9 Å². The second-order valence-corrected chi connectivity index (χ2v) is 6.45. The molecule has 1 aromatic rings. The van der Waals surface area contributed by atoms with Crippen molar-refractivity contribution < 1.29 is 5.11 Å². The number of phenols is 1. The first-order valence-corrected chi connectivity index (χ1v) is 8.28. The van der Waals surface area contributed by atoms with Crippen molar-refractivity contribution in [2.45, 2.75) is 39.7 Å². The van der Waals surface area contributed by atoms with Gasteiger partial charge >= 0.3 is 0 Å². The molecule has 4 heteroatoms. The molecular formula is C16H25BrN2O. The van der Waals surface area contributed by atoms with E-state index in [1.165, 1.54) is 5.56 Å². The van der Waals surface area contributed by atoms with Gasteiger partial charge < -0.3 is 10.4 Å². The lowest BCUT2D eigenvalue weighted by atomic mass is 9.93. The summed E-state index contributed by atoms with van der Waals surface area (Å²) in [5, 5.41) is 13.9. The highest BCUT2D eigenvalue weighted by atomic mass is 79.9. The minimum Gasteiger partial charge on any atom is -0.508 e. The topological polar surface area (TPSA) is 35.5 Å². The summed E-state index contributed by atoms with van der Waals surface area (Å²) < 4.78 is 1.13. The molecule has 112 valence electrons. The molecule has 20 heavy (non-hydrogen) atoms. The number of nitrogens with one attached hydrogen (secondary N) is 1. The number of halogens is 1. The molecule has 0 radical (unpaired) electrons. The number of phenolic OH excluding ortho intramolecular Hbond substituents is 1. The molecule has 0 aromatic heterocycles. The number of hydrogen-bond donors (Lipinski definition) is 2. The molecule has 1 aromatic carbocycles. The molecule has 1 atom stereocenters. The molecular weight excluding hydrogens is 316 g/mol. The summed E-state index contributed by atoms with van der Waals surface area (Å²) >= 11 is 3.67. The van der Waals surface area contributed by atoms with E-state index in [0.717, 1.165) is 54.6 Å². The van der Waals surface area contributed by atoms with Crippen molar-refractivity contribution in [3.63, 3.8) is 0 Å². The molecule has 0 spiro atoms. The summed E-state index contributed by atoms with van der Waals surface area (Å²) in [5.74, 6) is 0.445. The van der Waals surface area contributed by atoms with Gasteiger partial charge in [-0.05, 0) is 37.5 Å². The van der Waals surface area contributed by atoms with E-state index < -0.39 is 0 Å². The van der Waals surface area contributed by atoms with E-state index >= 15 is 0 Å². The number of hydrogen-bond acceptors (Lipinski definition) is 3. The van der Waals surface area contributed by atoms with E-state index in [1.54, 1.807) is 0 Å². The van der Waals surface area contributed by atoms with Crippen LogP contribution in [0.15, 0.2) is 10.5 Å². The van der Waals surface area contributed by atoms with E-state index in [0.29, 0.717) is 11.8 Å². The molecule has 1 saturated heterocycles. The third-order valence-corrected chi connectivity index (χ3v) is 5.42. The van der Waals surface area contributed by atoms with Gasteiger partial charge in [-0.2, -0.15) is 0 Å². The zero-order chi connectivity index (χ0) is 14.7. The van der Waals surface area contributed by atoms with Crippen LogP contribution in [0, 0.1) is 13.8 Å². The monoisotopic (exact) mass is 340 g/mol. The van der Waals surface area contributed by atoms with Crippen LogP contribution in [0.3, 0.4) is 0 Å². The number of nitrogens with zero attached hydrogens (tertiary/aromatic N) is 1. The number of aromatic hydroxyl groups is 1. The molecule has 1 heterocycles. The van der Waals surface area contributed by atoms with Crippen molar-refractivity contribution in [1.82, 2.24) is 10.2 Å². The van der Waals surface area contributed by atoms with Crippen molar-refractivity contribution >= 4 is 15.9 Å². The molecule has 0 saturated carbocycles. The third kappa shape index (κ3) is 3.18. The van der Waals surface area contributed by atoms with Crippen molar-refractivity contribution in [2.75, 3.05) is 26.2 Å². The lowest BCUT2D eigenvalue weighted by Crippen LogP contribution is -2.45. The summed E-state index contributed by atoms with van der Waals surface area (Å²) in [5.41, 5.74) is 3.38. The Bertz CT molecular complexity index is 470. The van der Waals surface area contributed by atoms with E-state index in [1.807, 2.05) is 13.0 Å².